The minimum Gasteiger partial charge on any atom is -0.311 e. The number of nitrogens with one attached hydrogen (secondary N) is 1. The molecule has 3 fully saturated rings. The van der Waals surface area contributed by atoms with E-state index in [4.69, 9.17) is 0 Å². The van der Waals surface area contributed by atoms with Crippen molar-refractivity contribution in [3.63, 3.8) is 0 Å². The fraction of sp³-hybridized carbons (Fsp3) is 1.00. The summed E-state index contributed by atoms with van der Waals surface area (Å²) in [5.41, 5.74) is 0.535. The monoisotopic (exact) mass is 268 g/mol. The molecule has 0 aromatic carbocycles. The van der Waals surface area contributed by atoms with Gasteiger partial charge in [0.1, 0.15) is 0 Å². The van der Waals surface area contributed by atoms with Crippen molar-refractivity contribution in [2.45, 2.75) is 70.1 Å². The highest BCUT2D eigenvalue weighted by Crippen LogP contribution is 2.38. The van der Waals surface area contributed by atoms with Crippen LogP contribution in [0, 0.1) is 5.41 Å². The highest BCUT2D eigenvalue weighted by atomic mass is 32.2. The van der Waals surface area contributed by atoms with Gasteiger partial charge in [-0.25, -0.2) is 0 Å². The molecule has 3 aliphatic rings. The van der Waals surface area contributed by atoms with Gasteiger partial charge in [0, 0.05) is 29.9 Å². The van der Waals surface area contributed by atoms with Crippen LogP contribution in [0.1, 0.15) is 46.0 Å². The molecule has 3 heterocycles. The van der Waals surface area contributed by atoms with E-state index >= 15 is 0 Å². The molecule has 3 atom stereocenters. The van der Waals surface area contributed by atoms with Crippen molar-refractivity contribution < 1.29 is 0 Å². The van der Waals surface area contributed by atoms with Gasteiger partial charge in [-0.1, -0.05) is 13.8 Å². The zero-order chi connectivity index (χ0) is 12.8. The summed E-state index contributed by atoms with van der Waals surface area (Å²) in [7, 11) is 2.39. The minimum absolute atomic E-state index is 0.535. The first kappa shape index (κ1) is 13.3. The van der Waals surface area contributed by atoms with Crippen LogP contribution in [-0.2, 0) is 0 Å². The minimum atomic E-state index is 0.535. The summed E-state index contributed by atoms with van der Waals surface area (Å²) < 4.78 is 0. The van der Waals surface area contributed by atoms with Crippen molar-refractivity contribution in [2.24, 2.45) is 5.41 Å². The first-order valence-corrected chi connectivity index (χ1v) is 8.75. The van der Waals surface area contributed by atoms with Gasteiger partial charge in [-0.05, 0) is 50.3 Å². The highest BCUT2D eigenvalue weighted by molar-refractivity contribution is 7.99. The predicted molar refractivity (Wildman–Crippen MR) is 80.2 cm³/mol. The summed E-state index contributed by atoms with van der Waals surface area (Å²) in [6.45, 7) is 4.87. The van der Waals surface area contributed by atoms with E-state index in [0.29, 0.717) is 5.41 Å². The Balaban J connectivity index is 1.62. The predicted octanol–water partition coefficient (Wildman–Crippen LogP) is 2.73. The molecule has 2 nitrogen and oxygen atoms in total. The first-order chi connectivity index (χ1) is 8.53. The van der Waals surface area contributed by atoms with E-state index in [2.05, 4.69) is 42.9 Å². The Bertz CT molecular complexity index is 291. The normalized spacial score (nSPS) is 43.3. The number of piperidine rings is 1. The molecule has 0 amide bonds. The van der Waals surface area contributed by atoms with Crippen molar-refractivity contribution in [3.05, 3.63) is 0 Å². The van der Waals surface area contributed by atoms with E-state index in [1.807, 2.05) is 0 Å². The van der Waals surface area contributed by atoms with Gasteiger partial charge in [-0.3, -0.25) is 4.90 Å². The van der Waals surface area contributed by atoms with E-state index < -0.39 is 0 Å². The summed E-state index contributed by atoms with van der Waals surface area (Å²) in [5, 5.41) is 3.76. The Morgan fingerprint density at radius 3 is 2.39 bits per heavy atom. The lowest BCUT2D eigenvalue weighted by atomic mass is 9.86. The smallest absolute Gasteiger partial charge is 0.0191 e. The van der Waals surface area contributed by atoms with Crippen molar-refractivity contribution in [1.82, 2.24) is 10.2 Å². The SMILES string of the molecule is CN(C1CC2CCC(C1)N2)C1CSCC(C)(C)C1. The van der Waals surface area contributed by atoms with Crippen LogP contribution < -0.4 is 5.32 Å². The Morgan fingerprint density at radius 2 is 1.78 bits per heavy atom. The second kappa shape index (κ2) is 4.99. The van der Waals surface area contributed by atoms with E-state index in [1.54, 1.807) is 0 Å². The third kappa shape index (κ3) is 2.73. The molecule has 1 N–H and O–H groups in total. The molecule has 3 aliphatic heterocycles. The maximum absolute atomic E-state index is 3.76. The van der Waals surface area contributed by atoms with Crippen LogP contribution in [0.2, 0.25) is 0 Å². The van der Waals surface area contributed by atoms with Crippen LogP contribution in [0.25, 0.3) is 0 Å². The Labute approximate surface area is 116 Å². The van der Waals surface area contributed by atoms with Gasteiger partial charge < -0.3 is 5.32 Å². The lowest BCUT2D eigenvalue weighted by Gasteiger charge is -2.44. The summed E-state index contributed by atoms with van der Waals surface area (Å²) in [6, 6.07) is 3.28. The van der Waals surface area contributed by atoms with E-state index in [-0.39, 0.29) is 0 Å². The molecule has 0 aliphatic carbocycles. The number of hydrogen-bond donors (Lipinski definition) is 1. The summed E-state index contributed by atoms with van der Waals surface area (Å²) in [4.78, 5) is 2.74. The molecule has 2 bridgehead atoms. The molecule has 3 unspecified atom stereocenters. The quantitative estimate of drug-likeness (QED) is 0.829. The van der Waals surface area contributed by atoms with Crippen molar-refractivity contribution in [2.75, 3.05) is 18.6 Å². The standard InChI is InChI=1S/C15H28N2S/c1-15(2)8-14(9-18-10-15)17(3)13-6-11-4-5-12(7-13)16-11/h11-14,16H,4-10H2,1-3H3. The molecule has 0 spiro atoms. The van der Waals surface area contributed by atoms with Crippen molar-refractivity contribution in [3.8, 4) is 0 Å². The number of nitrogens with zero attached hydrogens (tertiary/aromatic N) is 1. The van der Waals surface area contributed by atoms with E-state index in [0.717, 1.165) is 24.2 Å². The molecule has 3 heteroatoms. The molecular formula is C15H28N2S. The van der Waals surface area contributed by atoms with Crippen molar-refractivity contribution in [1.29, 1.82) is 0 Å². The Kier molecular flexibility index (Phi) is 3.68. The third-order valence-electron chi connectivity index (χ3n) is 5.19. The van der Waals surface area contributed by atoms with Gasteiger partial charge in [0.2, 0.25) is 0 Å². The molecule has 18 heavy (non-hydrogen) atoms. The van der Waals surface area contributed by atoms with Gasteiger partial charge >= 0.3 is 0 Å². The van der Waals surface area contributed by atoms with Crippen LogP contribution in [0.5, 0.6) is 0 Å². The van der Waals surface area contributed by atoms with Gasteiger partial charge in [-0.15, -0.1) is 0 Å². The Hall–Kier alpha value is 0.270. The summed E-state index contributed by atoms with van der Waals surface area (Å²) in [6.07, 6.45) is 6.98. The topological polar surface area (TPSA) is 15.3 Å². The average Bonchev–Trinajstić information content (AvgIpc) is 2.66. The van der Waals surface area contributed by atoms with E-state index in [9.17, 15) is 0 Å². The molecule has 3 saturated heterocycles. The zero-order valence-corrected chi connectivity index (χ0v) is 12.9. The molecule has 3 rings (SSSR count). The molecular weight excluding hydrogens is 240 g/mol. The maximum atomic E-state index is 3.76. The van der Waals surface area contributed by atoms with Crippen molar-refractivity contribution >= 4 is 11.8 Å². The number of rotatable bonds is 2. The largest absolute Gasteiger partial charge is 0.311 e. The van der Waals surface area contributed by atoms with Gasteiger partial charge in [-0.2, -0.15) is 11.8 Å². The maximum Gasteiger partial charge on any atom is 0.0191 e. The highest BCUT2D eigenvalue weighted by Gasteiger charge is 2.39. The summed E-state index contributed by atoms with van der Waals surface area (Å²) >= 11 is 2.16. The fourth-order valence-electron chi connectivity index (χ4n) is 4.15. The van der Waals surface area contributed by atoms with Crippen LogP contribution in [0.15, 0.2) is 0 Å². The lowest BCUT2D eigenvalue weighted by Crippen LogP contribution is -2.52. The van der Waals surface area contributed by atoms with Gasteiger partial charge in [0.15, 0.2) is 0 Å². The van der Waals surface area contributed by atoms with Crippen LogP contribution in [-0.4, -0.2) is 47.6 Å². The van der Waals surface area contributed by atoms with E-state index in [1.165, 1.54) is 43.6 Å². The second-order valence-corrected chi connectivity index (χ2v) is 8.50. The van der Waals surface area contributed by atoms with Gasteiger partial charge in [0.05, 0.1) is 0 Å². The molecule has 0 aromatic heterocycles. The van der Waals surface area contributed by atoms with Gasteiger partial charge in [0.25, 0.3) is 0 Å². The molecule has 0 aromatic rings. The van der Waals surface area contributed by atoms with Crippen LogP contribution in [0.3, 0.4) is 0 Å². The number of fused-ring (bicyclic) bond motifs is 2. The van der Waals surface area contributed by atoms with Crippen LogP contribution in [0.4, 0.5) is 0 Å². The number of hydrogen-bond acceptors (Lipinski definition) is 3. The Morgan fingerprint density at radius 1 is 1.11 bits per heavy atom. The first-order valence-electron chi connectivity index (χ1n) is 7.59. The zero-order valence-electron chi connectivity index (χ0n) is 12.1. The second-order valence-electron chi connectivity index (χ2n) is 7.47. The number of thioether (sulfide) groups is 1. The summed E-state index contributed by atoms with van der Waals surface area (Å²) in [5.74, 6) is 2.69. The molecule has 0 saturated carbocycles. The average molecular weight is 268 g/mol. The van der Waals surface area contributed by atoms with Crippen LogP contribution >= 0.6 is 11.8 Å². The molecule has 0 radical (unpaired) electrons. The third-order valence-corrected chi connectivity index (χ3v) is 6.80. The lowest BCUT2D eigenvalue weighted by molar-refractivity contribution is 0.106. The fourth-order valence-corrected chi connectivity index (χ4v) is 5.56. The molecule has 104 valence electrons.